The lowest BCUT2D eigenvalue weighted by atomic mass is 10.1. The Hall–Kier alpha value is -2.82. The number of aliphatic hydroxyl groups is 1. The molecule has 144 valence electrons. The summed E-state index contributed by atoms with van der Waals surface area (Å²) in [6.07, 6.45) is 0.390. The Labute approximate surface area is 165 Å². The maximum absolute atomic E-state index is 10.3. The minimum absolute atomic E-state index is 0.260. The summed E-state index contributed by atoms with van der Waals surface area (Å²) in [6.45, 7) is 3.69. The number of aliphatic hydroxyl groups excluding tert-OH is 1. The van der Waals surface area contributed by atoms with Crippen LogP contribution >= 0.6 is 0 Å². The molecule has 1 aromatic heterocycles. The van der Waals surface area contributed by atoms with Crippen molar-refractivity contribution in [1.29, 1.82) is 0 Å². The summed E-state index contributed by atoms with van der Waals surface area (Å²) in [7, 11) is 0. The van der Waals surface area contributed by atoms with Crippen LogP contribution in [0.25, 0.3) is 21.8 Å². The number of aromatic amines is 1. The minimum Gasteiger partial charge on any atom is -0.490 e. The molecule has 0 saturated heterocycles. The van der Waals surface area contributed by atoms with Crippen LogP contribution in [0, 0.1) is 6.92 Å². The molecule has 0 fully saturated rings. The van der Waals surface area contributed by atoms with Gasteiger partial charge in [0.1, 0.15) is 18.5 Å². The summed E-state index contributed by atoms with van der Waals surface area (Å²) < 4.78 is 5.97. The van der Waals surface area contributed by atoms with E-state index in [1.54, 1.807) is 0 Å². The van der Waals surface area contributed by atoms with Gasteiger partial charge < -0.3 is 20.1 Å². The monoisotopic (exact) mass is 374 g/mol. The molecule has 1 atom stereocenters. The number of H-pyrrole nitrogens is 1. The summed E-state index contributed by atoms with van der Waals surface area (Å²) in [5.74, 6) is 0.800. The summed E-state index contributed by atoms with van der Waals surface area (Å²) in [4.78, 5) is 3.41. The first-order valence-corrected chi connectivity index (χ1v) is 9.77. The van der Waals surface area contributed by atoms with Gasteiger partial charge in [0.05, 0.1) is 5.52 Å². The highest BCUT2D eigenvalue weighted by Crippen LogP contribution is 2.32. The Morgan fingerprint density at radius 3 is 2.61 bits per heavy atom. The third kappa shape index (κ3) is 4.19. The maximum Gasteiger partial charge on any atom is 0.129 e. The van der Waals surface area contributed by atoms with Gasteiger partial charge in [-0.15, -0.1) is 0 Å². The van der Waals surface area contributed by atoms with Crippen molar-refractivity contribution in [2.45, 2.75) is 19.4 Å². The fourth-order valence-electron chi connectivity index (χ4n) is 3.49. The summed E-state index contributed by atoms with van der Waals surface area (Å²) in [6, 6.07) is 22.7. The number of aromatic nitrogens is 1. The molecule has 0 amide bonds. The Morgan fingerprint density at radius 1 is 0.964 bits per heavy atom. The van der Waals surface area contributed by atoms with Crippen LogP contribution in [-0.4, -0.2) is 35.9 Å². The lowest BCUT2D eigenvalue weighted by Crippen LogP contribution is -2.32. The third-order valence-corrected chi connectivity index (χ3v) is 5.01. The van der Waals surface area contributed by atoms with Gasteiger partial charge in [0, 0.05) is 22.8 Å². The number of hydrogen-bond acceptors (Lipinski definition) is 3. The molecule has 1 heterocycles. The zero-order valence-electron chi connectivity index (χ0n) is 16.1. The van der Waals surface area contributed by atoms with Gasteiger partial charge in [-0.05, 0) is 43.7 Å². The van der Waals surface area contributed by atoms with E-state index in [-0.39, 0.29) is 6.61 Å². The average Bonchev–Trinajstić information content (AvgIpc) is 3.10. The zero-order valence-corrected chi connectivity index (χ0v) is 16.1. The second-order valence-electron chi connectivity index (χ2n) is 7.25. The van der Waals surface area contributed by atoms with Crippen LogP contribution in [-0.2, 0) is 6.42 Å². The lowest BCUT2D eigenvalue weighted by molar-refractivity contribution is 0.107. The number of para-hydroxylation sites is 1. The Morgan fingerprint density at radius 2 is 1.75 bits per heavy atom. The van der Waals surface area contributed by atoms with Crippen molar-refractivity contribution in [2.24, 2.45) is 0 Å². The Balaban J connectivity index is 1.31. The van der Waals surface area contributed by atoms with E-state index in [9.17, 15) is 5.11 Å². The highest BCUT2D eigenvalue weighted by Gasteiger charge is 2.11. The van der Waals surface area contributed by atoms with Gasteiger partial charge in [-0.3, -0.25) is 0 Å². The molecule has 0 aliphatic carbocycles. The lowest BCUT2D eigenvalue weighted by Gasteiger charge is -2.14. The first kappa shape index (κ1) is 18.5. The maximum atomic E-state index is 10.3. The van der Waals surface area contributed by atoms with E-state index in [0.29, 0.717) is 6.54 Å². The second-order valence-corrected chi connectivity index (χ2v) is 7.25. The van der Waals surface area contributed by atoms with Gasteiger partial charge in [-0.1, -0.05) is 54.1 Å². The molecule has 4 heteroatoms. The van der Waals surface area contributed by atoms with Gasteiger partial charge in [-0.2, -0.15) is 0 Å². The minimum atomic E-state index is -0.557. The van der Waals surface area contributed by atoms with Crippen molar-refractivity contribution >= 4 is 21.8 Å². The van der Waals surface area contributed by atoms with Crippen LogP contribution < -0.4 is 10.1 Å². The normalized spacial score (nSPS) is 12.5. The number of nitrogens with one attached hydrogen (secondary N) is 2. The smallest absolute Gasteiger partial charge is 0.129 e. The van der Waals surface area contributed by atoms with E-state index in [4.69, 9.17) is 4.74 Å². The topological polar surface area (TPSA) is 57.3 Å². The molecule has 28 heavy (non-hydrogen) atoms. The number of aryl methyl sites for hydroxylation is 1. The van der Waals surface area contributed by atoms with Gasteiger partial charge in [0.2, 0.25) is 0 Å². The fraction of sp³-hybridized carbons (Fsp3) is 0.250. The molecule has 0 spiro atoms. The standard InChI is InChI=1S/C24H26N2O2/c1-17-9-11-18(12-10-17)13-14-25-15-19(27)16-28-23-8-4-7-22-24(23)20-5-2-3-6-21(20)26-22/h2-12,19,25-27H,13-16H2,1H3. The molecule has 0 saturated carbocycles. The van der Waals surface area contributed by atoms with Gasteiger partial charge in [0.15, 0.2) is 0 Å². The SMILES string of the molecule is Cc1ccc(CCNCC(O)COc2cccc3[nH]c4ccccc4c23)cc1. The second kappa shape index (κ2) is 8.46. The molecule has 0 bridgehead atoms. The predicted octanol–water partition coefficient (Wildman–Crippen LogP) is 4.20. The average molecular weight is 374 g/mol. The third-order valence-electron chi connectivity index (χ3n) is 5.01. The predicted molar refractivity (Wildman–Crippen MR) is 115 cm³/mol. The molecular formula is C24H26N2O2. The van der Waals surface area contributed by atoms with Crippen molar-refractivity contribution in [2.75, 3.05) is 19.7 Å². The Kier molecular flexibility index (Phi) is 5.60. The van der Waals surface area contributed by atoms with Crippen molar-refractivity contribution in [3.63, 3.8) is 0 Å². The quantitative estimate of drug-likeness (QED) is 0.405. The molecule has 4 nitrogen and oxygen atoms in total. The molecule has 4 aromatic rings. The van der Waals surface area contributed by atoms with E-state index in [1.165, 1.54) is 11.1 Å². The van der Waals surface area contributed by atoms with Crippen molar-refractivity contribution in [3.05, 3.63) is 77.9 Å². The Bertz CT molecular complexity index is 1050. The summed E-state index contributed by atoms with van der Waals surface area (Å²) in [5, 5.41) is 15.8. The first-order chi connectivity index (χ1) is 13.7. The van der Waals surface area contributed by atoms with Crippen LogP contribution in [0.15, 0.2) is 66.7 Å². The van der Waals surface area contributed by atoms with E-state index in [1.807, 2.05) is 30.3 Å². The highest BCUT2D eigenvalue weighted by atomic mass is 16.5. The van der Waals surface area contributed by atoms with Crippen molar-refractivity contribution in [1.82, 2.24) is 10.3 Å². The first-order valence-electron chi connectivity index (χ1n) is 9.77. The molecule has 1 unspecified atom stereocenters. The van der Waals surface area contributed by atoms with Crippen molar-refractivity contribution < 1.29 is 9.84 Å². The number of hydrogen-bond donors (Lipinski definition) is 3. The zero-order chi connectivity index (χ0) is 19.3. The van der Waals surface area contributed by atoms with E-state index < -0.39 is 6.10 Å². The highest BCUT2D eigenvalue weighted by molar-refractivity contribution is 6.10. The number of ether oxygens (including phenoxy) is 1. The molecule has 3 N–H and O–H groups in total. The molecular weight excluding hydrogens is 348 g/mol. The largest absolute Gasteiger partial charge is 0.490 e. The van der Waals surface area contributed by atoms with E-state index in [2.05, 4.69) is 53.6 Å². The van der Waals surface area contributed by atoms with Crippen LogP contribution in [0.5, 0.6) is 5.75 Å². The summed E-state index contributed by atoms with van der Waals surface area (Å²) >= 11 is 0. The van der Waals surface area contributed by atoms with E-state index in [0.717, 1.165) is 40.5 Å². The van der Waals surface area contributed by atoms with E-state index >= 15 is 0 Å². The molecule has 4 rings (SSSR count). The molecule has 0 aliphatic heterocycles. The summed E-state index contributed by atoms with van der Waals surface area (Å²) in [5.41, 5.74) is 4.71. The van der Waals surface area contributed by atoms with Crippen molar-refractivity contribution in [3.8, 4) is 5.75 Å². The number of fused-ring (bicyclic) bond motifs is 3. The molecule has 0 aliphatic rings. The van der Waals surface area contributed by atoms with Crippen LogP contribution in [0.4, 0.5) is 0 Å². The molecule has 0 radical (unpaired) electrons. The van der Waals surface area contributed by atoms with Crippen LogP contribution in [0.2, 0.25) is 0 Å². The number of benzene rings is 3. The number of rotatable bonds is 8. The van der Waals surface area contributed by atoms with Crippen LogP contribution in [0.3, 0.4) is 0 Å². The molecule has 3 aromatic carbocycles. The van der Waals surface area contributed by atoms with Gasteiger partial charge in [-0.25, -0.2) is 0 Å². The van der Waals surface area contributed by atoms with Gasteiger partial charge in [0.25, 0.3) is 0 Å². The van der Waals surface area contributed by atoms with Gasteiger partial charge >= 0.3 is 0 Å². The van der Waals surface area contributed by atoms with Crippen LogP contribution in [0.1, 0.15) is 11.1 Å². The fourth-order valence-corrected chi connectivity index (χ4v) is 3.49.